The van der Waals surface area contributed by atoms with Crippen molar-refractivity contribution >= 4 is 39.4 Å². The van der Waals surface area contributed by atoms with Gasteiger partial charge in [0.2, 0.25) is 21.8 Å². The van der Waals surface area contributed by atoms with Crippen LogP contribution in [0, 0.1) is 0 Å². The number of benzene rings is 2. The van der Waals surface area contributed by atoms with Crippen LogP contribution in [0.3, 0.4) is 0 Å². The highest BCUT2D eigenvalue weighted by atomic mass is 35.5. The molecule has 2 amide bonds. The first kappa shape index (κ1) is 26.3. The lowest BCUT2D eigenvalue weighted by molar-refractivity contribution is -0.139. The maximum Gasteiger partial charge on any atom is 0.303 e. The summed E-state index contributed by atoms with van der Waals surface area (Å²) in [6, 6.07) is 14.1. The number of carboxylic acid groups (broad SMARTS) is 1. The van der Waals surface area contributed by atoms with E-state index < -0.39 is 33.8 Å². The Morgan fingerprint density at radius 3 is 2.30 bits per heavy atom. The number of sulfonamides is 1. The van der Waals surface area contributed by atoms with Crippen LogP contribution in [0.15, 0.2) is 48.5 Å². The molecule has 0 aliphatic heterocycles. The van der Waals surface area contributed by atoms with Crippen molar-refractivity contribution in [2.24, 2.45) is 0 Å². The Morgan fingerprint density at radius 1 is 1.00 bits per heavy atom. The molecule has 0 aliphatic carbocycles. The molecule has 1 atom stereocenters. The van der Waals surface area contributed by atoms with Crippen LogP contribution in [0.25, 0.3) is 11.1 Å². The number of rotatable bonds is 12. The summed E-state index contributed by atoms with van der Waals surface area (Å²) in [6.45, 7) is 1.68. The van der Waals surface area contributed by atoms with Crippen molar-refractivity contribution in [2.45, 2.75) is 45.1 Å². The van der Waals surface area contributed by atoms with E-state index in [4.69, 9.17) is 16.7 Å². The highest BCUT2D eigenvalue weighted by molar-refractivity contribution is 7.90. The van der Waals surface area contributed by atoms with Gasteiger partial charge in [0.15, 0.2) is 0 Å². The highest BCUT2D eigenvalue weighted by Gasteiger charge is 2.21. The van der Waals surface area contributed by atoms with Gasteiger partial charge in [0.05, 0.1) is 12.2 Å². The zero-order chi connectivity index (χ0) is 24.4. The van der Waals surface area contributed by atoms with Gasteiger partial charge < -0.3 is 10.4 Å². The normalized spacial score (nSPS) is 12.1. The van der Waals surface area contributed by atoms with Crippen molar-refractivity contribution < 1.29 is 27.9 Å². The minimum absolute atomic E-state index is 0.181. The number of nitrogens with one attached hydrogen (secondary N) is 2. The maximum atomic E-state index is 12.3. The van der Waals surface area contributed by atoms with Crippen LogP contribution in [-0.2, 0) is 30.8 Å². The fourth-order valence-electron chi connectivity index (χ4n) is 3.24. The highest BCUT2D eigenvalue weighted by Crippen LogP contribution is 2.23. The third-order valence-electron chi connectivity index (χ3n) is 4.70. The Morgan fingerprint density at radius 2 is 1.70 bits per heavy atom. The number of hydrogen-bond acceptors (Lipinski definition) is 5. The molecule has 2 aromatic rings. The minimum Gasteiger partial charge on any atom is -0.481 e. The van der Waals surface area contributed by atoms with Crippen molar-refractivity contribution in [3.05, 3.63) is 59.1 Å². The Labute approximate surface area is 198 Å². The maximum absolute atomic E-state index is 12.3. The Bertz CT molecular complexity index is 1090. The molecule has 3 N–H and O–H groups in total. The number of aliphatic carboxylic acids is 1. The summed E-state index contributed by atoms with van der Waals surface area (Å²) >= 11 is 6.04. The van der Waals surface area contributed by atoms with E-state index in [0.717, 1.165) is 16.7 Å². The van der Waals surface area contributed by atoms with E-state index in [0.29, 0.717) is 11.4 Å². The topological polar surface area (TPSA) is 130 Å². The lowest BCUT2D eigenvalue weighted by Gasteiger charge is -2.19. The summed E-state index contributed by atoms with van der Waals surface area (Å²) in [5.41, 5.74) is 2.69. The van der Waals surface area contributed by atoms with E-state index in [-0.39, 0.29) is 31.4 Å². The molecule has 0 bridgehead atoms. The third kappa shape index (κ3) is 9.63. The minimum atomic E-state index is -3.74. The second kappa shape index (κ2) is 12.4. The van der Waals surface area contributed by atoms with Gasteiger partial charge in [-0.2, -0.15) is 0 Å². The van der Waals surface area contributed by atoms with Crippen LogP contribution in [-0.4, -0.2) is 43.1 Å². The molecule has 33 heavy (non-hydrogen) atoms. The van der Waals surface area contributed by atoms with Gasteiger partial charge in [-0.25, -0.2) is 8.42 Å². The lowest BCUT2D eigenvalue weighted by atomic mass is 9.99. The monoisotopic (exact) mass is 494 g/mol. The van der Waals surface area contributed by atoms with E-state index in [1.165, 1.54) is 0 Å². The molecule has 2 rings (SSSR count). The Hall–Kier alpha value is -2.91. The summed E-state index contributed by atoms with van der Waals surface area (Å²) in [4.78, 5) is 35.2. The average Bonchev–Trinajstić information content (AvgIpc) is 2.72. The van der Waals surface area contributed by atoms with Crippen molar-refractivity contribution in [1.82, 2.24) is 10.0 Å². The van der Waals surface area contributed by atoms with Gasteiger partial charge in [0.25, 0.3) is 0 Å². The van der Waals surface area contributed by atoms with E-state index >= 15 is 0 Å². The quantitative estimate of drug-likeness (QED) is 0.415. The van der Waals surface area contributed by atoms with Gasteiger partial charge in [-0.3, -0.25) is 19.1 Å². The summed E-state index contributed by atoms with van der Waals surface area (Å²) in [7, 11) is -3.74. The van der Waals surface area contributed by atoms with Crippen molar-refractivity contribution in [3.8, 4) is 11.1 Å². The number of halogens is 1. The molecule has 0 spiro atoms. The molecule has 0 radical (unpaired) electrons. The van der Waals surface area contributed by atoms with E-state index in [2.05, 4.69) is 5.32 Å². The molecule has 0 saturated carbocycles. The molecule has 8 nitrogen and oxygen atoms in total. The van der Waals surface area contributed by atoms with Crippen molar-refractivity contribution in [2.75, 3.05) is 5.75 Å². The first-order valence-electron chi connectivity index (χ1n) is 10.5. The molecule has 178 valence electrons. The summed E-state index contributed by atoms with van der Waals surface area (Å²) in [5.74, 6) is -2.55. The fourth-order valence-corrected chi connectivity index (χ4v) is 4.50. The number of carbonyl (C=O) groups excluding carboxylic acids is 2. The average molecular weight is 495 g/mol. The predicted octanol–water partition coefficient (Wildman–Crippen LogP) is 3.15. The molecule has 0 aliphatic rings. The van der Waals surface area contributed by atoms with Crippen LogP contribution in [0.5, 0.6) is 0 Å². The van der Waals surface area contributed by atoms with Gasteiger partial charge in [-0.15, -0.1) is 0 Å². The number of amides is 2. The van der Waals surface area contributed by atoms with Crippen molar-refractivity contribution in [3.63, 3.8) is 0 Å². The summed E-state index contributed by atoms with van der Waals surface area (Å²) < 4.78 is 25.8. The van der Waals surface area contributed by atoms with Crippen molar-refractivity contribution in [1.29, 1.82) is 0 Å². The van der Waals surface area contributed by atoms with E-state index in [1.807, 2.05) is 47.2 Å². The largest absolute Gasteiger partial charge is 0.481 e. The van der Waals surface area contributed by atoms with E-state index in [1.54, 1.807) is 13.0 Å². The van der Waals surface area contributed by atoms with Crippen LogP contribution in [0.1, 0.15) is 38.2 Å². The molecular formula is C23H27ClN2O6S. The second-order valence-electron chi connectivity index (χ2n) is 7.62. The van der Waals surface area contributed by atoms with Crippen LogP contribution in [0.2, 0.25) is 5.02 Å². The standard InChI is InChI=1S/C23H27ClN2O6S/c1-2-12-33(31,32)26-22(28)15-20(25-21(27)10-11-23(29)30)13-16-6-8-17(9-7-16)18-4-3-5-19(24)14-18/h3-9,14,20H,2,10-13,15H2,1H3,(H,25,27)(H,26,28)(H,29,30). The van der Waals surface area contributed by atoms with Crippen LogP contribution >= 0.6 is 11.6 Å². The van der Waals surface area contributed by atoms with E-state index in [9.17, 15) is 22.8 Å². The number of carbonyl (C=O) groups is 3. The molecule has 0 saturated heterocycles. The van der Waals surface area contributed by atoms with Crippen LogP contribution in [0.4, 0.5) is 0 Å². The number of carboxylic acids is 1. The lowest BCUT2D eigenvalue weighted by Crippen LogP contribution is -2.42. The molecule has 0 fully saturated rings. The molecule has 0 aromatic heterocycles. The third-order valence-corrected chi connectivity index (χ3v) is 6.42. The zero-order valence-corrected chi connectivity index (χ0v) is 19.8. The zero-order valence-electron chi connectivity index (χ0n) is 18.2. The molecule has 10 heteroatoms. The summed E-state index contributed by atoms with van der Waals surface area (Å²) in [5, 5.41) is 12.0. The van der Waals surface area contributed by atoms with Gasteiger partial charge in [-0.1, -0.05) is 54.9 Å². The fraction of sp³-hybridized carbons (Fsp3) is 0.348. The molecular weight excluding hydrogens is 468 g/mol. The first-order chi connectivity index (χ1) is 15.6. The second-order valence-corrected chi connectivity index (χ2v) is 9.90. The smallest absolute Gasteiger partial charge is 0.303 e. The number of hydrogen-bond donors (Lipinski definition) is 3. The van der Waals surface area contributed by atoms with Gasteiger partial charge >= 0.3 is 5.97 Å². The Balaban J connectivity index is 2.12. The van der Waals surface area contributed by atoms with Gasteiger partial charge in [0.1, 0.15) is 0 Å². The SMILES string of the molecule is CCCS(=O)(=O)NC(=O)CC(Cc1ccc(-c2cccc(Cl)c2)cc1)NC(=O)CCC(=O)O. The van der Waals surface area contributed by atoms with Gasteiger partial charge in [0, 0.05) is 23.9 Å². The molecule has 2 aromatic carbocycles. The van der Waals surface area contributed by atoms with Crippen LogP contribution < -0.4 is 10.0 Å². The summed E-state index contributed by atoms with van der Waals surface area (Å²) in [6.07, 6.45) is -0.232. The first-order valence-corrected chi connectivity index (χ1v) is 12.5. The van der Waals surface area contributed by atoms with Gasteiger partial charge in [-0.05, 0) is 41.7 Å². The molecule has 0 heterocycles. The predicted molar refractivity (Wildman–Crippen MR) is 126 cm³/mol. The molecule has 1 unspecified atom stereocenters. The Kier molecular flexibility index (Phi) is 9.87.